The van der Waals surface area contributed by atoms with Crippen molar-refractivity contribution in [1.29, 1.82) is 0 Å². The average Bonchev–Trinajstić information content (AvgIpc) is 3.64. The second kappa shape index (κ2) is 15.4. The summed E-state index contributed by atoms with van der Waals surface area (Å²) in [5, 5.41) is 3.67. The maximum Gasteiger partial charge on any atom is 0.164 e. The van der Waals surface area contributed by atoms with Crippen molar-refractivity contribution in [3.05, 3.63) is 241 Å². The molecule has 3 nitrogen and oxygen atoms in total. The van der Waals surface area contributed by atoms with Gasteiger partial charge in [0.15, 0.2) is 17.5 Å². The van der Waals surface area contributed by atoms with Gasteiger partial charge in [0.1, 0.15) is 0 Å². The quantitative estimate of drug-likeness (QED) is 0.143. The van der Waals surface area contributed by atoms with Gasteiger partial charge in [-0.1, -0.05) is 225 Å². The highest BCUT2D eigenvalue weighted by atomic mass is 28.3. The summed E-state index contributed by atoms with van der Waals surface area (Å²) in [4.78, 5) is 15.5. The van der Waals surface area contributed by atoms with Crippen molar-refractivity contribution in [2.75, 3.05) is 0 Å². The van der Waals surface area contributed by atoms with Gasteiger partial charge in [0.2, 0.25) is 0 Å². The zero-order valence-corrected chi connectivity index (χ0v) is 36.6. The molecule has 1 heterocycles. The Hall–Kier alpha value is -7.53. The summed E-state index contributed by atoms with van der Waals surface area (Å²) in [5.41, 5.74) is 14.7. The third kappa shape index (κ3) is 6.71. The molecule has 0 amide bonds. The highest BCUT2D eigenvalue weighted by molar-refractivity contribution is 6.88. The van der Waals surface area contributed by atoms with Gasteiger partial charge in [-0.2, -0.15) is 0 Å². The van der Waals surface area contributed by atoms with Crippen molar-refractivity contribution in [1.82, 2.24) is 15.0 Å². The lowest BCUT2D eigenvalue weighted by atomic mass is 9.67. The highest BCUT2D eigenvalue weighted by Gasteiger charge is 2.46. The van der Waals surface area contributed by atoms with Gasteiger partial charge in [0.05, 0.1) is 13.5 Å². The second-order valence-corrected chi connectivity index (χ2v) is 22.7. The minimum atomic E-state index is -1.49. The summed E-state index contributed by atoms with van der Waals surface area (Å²) in [5.74, 6) is 1.97. The Kier molecular flexibility index (Phi) is 9.40. The van der Waals surface area contributed by atoms with Gasteiger partial charge in [0.25, 0.3) is 0 Å². The van der Waals surface area contributed by atoms with E-state index in [1.807, 2.05) is 0 Å². The molecule has 0 atom stereocenters. The van der Waals surface area contributed by atoms with Gasteiger partial charge < -0.3 is 0 Å². The fourth-order valence-corrected chi connectivity index (χ4v) is 10.8. The van der Waals surface area contributed by atoms with E-state index in [0.717, 1.165) is 44.2 Å². The molecule has 0 aliphatic heterocycles. The van der Waals surface area contributed by atoms with E-state index in [-0.39, 0.29) is 0 Å². The van der Waals surface area contributed by atoms with Gasteiger partial charge in [-0.05, 0) is 84.6 Å². The summed E-state index contributed by atoms with van der Waals surface area (Å²) in [6, 6.07) is 79.1. The van der Waals surface area contributed by atoms with E-state index >= 15 is 0 Å². The Morgan fingerprint density at radius 2 is 0.810 bits per heavy atom. The molecule has 0 N–H and O–H groups in total. The molecule has 0 radical (unpaired) electrons. The molecule has 0 spiro atoms. The van der Waals surface area contributed by atoms with Crippen LogP contribution in [0.25, 0.3) is 78.3 Å². The zero-order chi connectivity index (χ0) is 42.5. The molecule has 1 aliphatic rings. The van der Waals surface area contributed by atoms with E-state index in [4.69, 9.17) is 15.0 Å². The molecule has 0 saturated heterocycles. The fraction of sp³-hybridized carbons (Fsp3) is 0.0678. The summed E-state index contributed by atoms with van der Waals surface area (Å²) >= 11 is 0. The largest absolute Gasteiger partial charge is 0.208 e. The molecule has 1 aliphatic carbocycles. The van der Waals surface area contributed by atoms with Crippen LogP contribution in [0.4, 0.5) is 0 Å². The maximum absolute atomic E-state index is 5.20. The maximum atomic E-state index is 5.20. The smallest absolute Gasteiger partial charge is 0.164 e. The molecule has 0 bridgehead atoms. The van der Waals surface area contributed by atoms with E-state index in [0.29, 0.717) is 17.5 Å². The molecule has 0 saturated carbocycles. The Labute approximate surface area is 370 Å². The Morgan fingerprint density at radius 1 is 0.333 bits per heavy atom. The topological polar surface area (TPSA) is 38.7 Å². The number of aromatic nitrogens is 3. The molecule has 4 heteroatoms. The van der Waals surface area contributed by atoms with Crippen LogP contribution in [0.15, 0.2) is 218 Å². The van der Waals surface area contributed by atoms with Gasteiger partial charge >= 0.3 is 0 Å². The summed E-state index contributed by atoms with van der Waals surface area (Å²) in [6.45, 7) is 7.12. The van der Waals surface area contributed by atoms with Gasteiger partial charge in [-0.25, -0.2) is 15.0 Å². The van der Waals surface area contributed by atoms with Gasteiger partial charge in [-0.15, -0.1) is 0 Å². The average molecular weight is 824 g/mol. The van der Waals surface area contributed by atoms with Crippen molar-refractivity contribution in [3.8, 4) is 67.5 Å². The van der Waals surface area contributed by atoms with Crippen LogP contribution in [-0.4, -0.2) is 23.0 Å². The van der Waals surface area contributed by atoms with Crippen LogP contribution < -0.4 is 5.19 Å². The van der Waals surface area contributed by atoms with E-state index in [9.17, 15) is 0 Å². The molecule has 11 rings (SSSR count). The first-order chi connectivity index (χ1) is 30.8. The van der Waals surface area contributed by atoms with Crippen LogP contribution >= 0.6 is 0 Å². The van der Waals surface area contributed by atoms with E-state index in [1.165, 1.54) is 44.1 Å². The van der Waals surface area contributed by atoms with Crippen LogP contribution in [-0.2, 0) is 5.41 Å². The SMILES string of the molecule is C[Si](C)(C)c1ccc(-c2nc(-c3cccc(-c4cccc(-c5ccc6c(c5)C(c5ccccc5)(c5ccccc5)c5ccccc5-6)c4)c3)nc(-c3cccc4ccccc34)n2)cc1. The Bertz CT molecular complexity index is 3270. The standard InChI is InChI=1S/C59H45N3Si/c1-63(2,3)49-34-31-41(32-35-49)56-60-57(62-58(61-56)53-29-16-18-40-17-10-11-27-50(40)53)46-22-15-21-44(38-46)42-19-14-20-43(37-42)45-33-36-52-51-28-12-13-30-54(51)59(55(52)39-45,47-23-6-4-7-24-47)48-25-8-5-9-26-48/h4-39H,1-3H3. The Morgan fingerprint density at radius 3 is 1.49 bits per heavy atom. The van der Waals surface area contributed by atoms with Crippen LogP contribution in [0, 0.1) is 0 Å². The monoisotopic (exact) mass is 823 g/mol. The summed E-state index contributed by atoms with van der Waals surface area (Å²) in [7, 11) is -1.49. The number of hydrogen-bond acceptors (Lipinski definition) is 3. The summed E-state index contributed by atoms with van der Waals surface area (Å²) in [6.07, 6.45) is 0. The fourth-order valence-electron chi connectivity index (χ4n) is 9.63. The van der Waals surface area contributed by atoms with Crippen molar-refractivity contribution < 1.29 is 0 Å². The minimum absolute atomic E-state index is 0.457. The number of benzene rings is 9. The molecule has 300 valence electrons. The van der Waals surface area contributed by atoms with Gasteiger partial charge in [-0.3, -0.25) is 0 Å². The lowest BCUT2D eigenvalue weighted by molar-refractivity contribution is 0.769. The first-order valence-electron chi connectivity index (χ1n) is 21.8. The molecular weight excluding hydrogens is 779 g/mol. The molecule has 63 heavy (non-hydrogen) atoms. The van der Waals surface area contributed by atoms with E-state index in [2.05, 4.69) is 238 Å². The number of fused-ring (bicyclic) bond motifs is 4. The van der Waals surface area contributed by atoms with Crippen molar-refractivity contribution in [2.24, 2.45) is 0 Å². The molecular formula is C59H45N3Si. The summed E-state index contributed by atoms with van der Waals surface area (Å²) < 4.78 is 0. The molecule has 1 aromatic heterocycles. The molecule has 10 aromatic rings. The third-order valence-corrected chi connectivity index (χ3v) is 14.8. The number of hydrogen-bond donors (Lipinski definition) is 0. The lowest BCUT2D eigenvalue weighted by Crippen LogP contribution is -2.37. The first-order valence-corrected chi connectivity index (χ1v) is 25.3. The Balaban J connectivity index is 1.02. The highest BCUT2D eigenvalue weighted by Crippen LogP contribution is 2.56. The van der Waals surface area contributed by atoms with Crippen molar-refractivity contribution in [2.45, 2.75) is 25.1 Å². The van der Waals surface area contributed by atoms with Crippen LogP contribution in [0.5, 0.6) is 0 Å². The number of nitrogens with zero attached hydrogens (tertiary/aromatic N) is 3. The molecule has 0 fully saturated rings. The number of rotatable bonds is 8. The molecule has 9 aromatic carbocycles. The normalized spacial score (nSPS) is 12.8. The zero-order valence-electron chi connectivity index (χ0n) is 35.6. The van der Waals surface area contributed by atoms with E-state index in [1.54, 1.807) is 0 Å². The minimum Gasteiger partial charge on any atom is -0.208 e. The van der Waals surface area contributed by atoms with Crippen molar-refractivity contribution in [3.63, 3.8) is 0 Å². The predicted octanol–water partition coefficient (Wildman–Crippen LogP) is 14.3. The van der Waals surface area contributed by atoms with E-state index < -0.39 is 13.5 Å². The van der Waals surface area contributed by atoms with Gasteiger partial charge in [0, 0.05) is 16.7 Å². The van der Waals surface area contributed by atoms with Crippen LogP contribution in [0.3, 0.4) is 0 Å². The third-order valence-electron chi connectivity index (χ3n) is 12.8. The van der Waals surface area contributed by atoms with Crippen LogP contribution in [0.2, 0.25) is 19.6 Å². The lowest BCUT2D eigenvalue weighted by Gasteiger charge is -2.34. The van der Waals surface area contributed by atoms with Crippen LogP contribution in [0.1, 0.15) is 22.3 Å². The second-order valence-electron chi connectivity index (χ2n) is 17.6. The predicted molar refractivity (Wildman–Crippen MR) is 265 cm³/mol. The molecule has 0 unspecified atom stereocenters. The van der Waals surface area contributed by atoms with Crippen molar-refractivity contribution >= 4 is 24.0 Å². The first kappa shape index (κ1) is 38.4.